The summed E-state index contributed by atoms with van der Waals surface area (Å²) in [6.07, 6.45) is 3.57. The Hall–Kier alpha value is -0.0800. The minimum Gasteiger partial charge on any atom is -0.271 e. The standard InChI is InChI=1S/C8H20N2/c1-4-7(3)6-8(5-2)10-9/h7-8,10H,4-6,9H2,1-3H3/t7-,8-/m0/s1. The van der Waals surface area contributed by atoms with Crippen LogP contribution in [0.15, 0.2) is 0 Å². The fraction of sp³-hybridized carbons (Fsp3) is 1.00. The highest BCUT2D eigenvalue weighted by atomic mass is 15.2. The van der Waals surface area contributed by atoms with Gasteiger partial charge in [0, 0.05) is 6.04 Å². The first-order chi connectivity index (χ1) is 4.74. The zero-order valence-corrected chi connectivity index (χ0v) is 7.35. The van der Waals surface area contributed by atoms with Crippen molar-refractivity contribution in [1.29, 1.82) is 0 Å². The van der Waals surface area contributed by atoms with E-state index in [-0.39, 0.29) is 0 Å². The van der Waals surface area contributed by atoms with Crippen molar-refractivity contribution in [3.63, 3.8) is 0 Å². The van der Waals surface area contributed by atoms with Gasteiger partial charge in [0.15, 0.2) is 0 Å². The van der Waals surface area contributed by atoms with Crippen LogP contribution in [0, 0.1) is 5.92 Å². The normalized spacial score (nSPS) is 16.8. The molecule has 0 unspecified atom stereocenters. The van der Waals surface area contributed by atoms with Crippen molar-refractivity contribution in [3.05, 3.63) is 0 Å². The van der Waals surface area contributed by atoms with E-state index in [1.54, 1.807) is 0 Å². The lowest BCUT2D eigenvalue weighted by Gasteiger charge is -2.16. The Morgan fingerprint density at radius 3 is 2.20 bits per heavy atom. The van der Waals surface area contributed by atoms with Crippen LogP contribution in [0.3, 0.4) is 0 Å². The molecule has 0 aromatic heterocycles. The summed E-state index contributed by atoms with van der Waals surface area (Å²) < 4.78 is 0. The van der Waals surface area contributed by atoms with Crippen LogP contribution in [0.4, 0.5) is 0 Å². The number of hydrazine groups is 1. The third kappa shape index (κ3) is 3.85. The molecule has 0 rings (SSSR count). The molecular formula is C8H20N2. The van der Waals surface area contributed by atoms with Crippen LogP contribution in [-0.2, 0) is 0 Å². The van der Waals surface area contributed by atoms with E-state index in [0.29, 0.717) is 6.04 Å². The Bertz CT molecular complexity index is 69.7. The summed E-state index contributed by atoms with van der Waals surface area (Å²) in [7, 11) is 0. The quantitative estimate of drug-likeness (QED) is 0.455. The highest BCUT2D eigenvalue weighted by Gasteiger charge is 2.07. The molecule has 0 bridgehead atoms. The van der Waals surface area contributed by atoms with E-state index < -0.39 is 0 Å². The summed E-state index contributed by atoms with van der Waals surface area (Å²) in [5, 5.41) is 0. The molecule has 0 heterocycles. The maximum atomic E-state index is 5.34. The summed E-state index contributed by atoms with van der Waals surface area (Å²) in [6, 6.07) is 0.509. The largest absolute Gasteiger partial charge is 0.271 e. The highest BCUT2D eigenvalue weighted by molar-refractivity contribution is 4.64. The van der Waals surface area contributed by atoms with E-state index in [4.69, 9.17) is 5.84 Å². The van der Waals surface area contributed by atoms with Crippen LogP contribution in [-0.4, -0.2) is 6.04 Å². The molecule has 0 saturated carbocycles. The Kier molecular flexibility index (Phi) is 5.64. The monoisotopic (exact) mass is 144 g/mol. The molecule has 0 amide bonds. The van der Waals surface area contributed by atoms with Gasteiger partial charge in [-0.05, 0) is 18.8 Å². The van der Waals surface area contributed by atoms with Gasteiger partial charge >= 0.3 is 0 Å². The average molecular weight is 144 g/mol. The Morgan fingerprint density at radius 2 is 1.90 bits per heavy atom. The van der Waals surface area contributed by atoms with Gasteiger partial charge in [-0.15, -0.1) is 0 Å². The zero-order chi connectivity index (χ0) is 7.98. The molecular weight excluding hydrogens is 124 g/mol. The fourth-order valence-corrected chi connectivity index (χ4v) is 1.00. The van der Waals surface area contributed by atoms with Gasteiger partial charge in [0.1, 0.15) is 0 Å². The van der Waals surface area contributed by atoms with E-state index in [1.165, 1.54) is 12.8 Å². The second-order valence-electron chi connectivity index (χ2n) is 3.02. The topological polar surface area (TPSA) is 38.0 Å². The SMILES string of the molecule is CC[C@H](C)C[C@H](CC)NN. The molecule has 2 heteroatoms. The number of nitrogens with one attached hydrogen (secondary N) is 1. The summed E-state index contributed by atoms with van der Waals surface area (Å²) in [6.45, 7) is 6.64. The lowest BCUT2D eigenvalue weighted by atomic mass is 9.98. The third-order valence-electron chi connectivity index (χ3n) is 2.11. The third-order valence-corrected chi connectivity index (χ3v) is 2.11. The van der Waals surface area contributed by atoms with E-state index >= 15 is 0 Å². The molecule has 0 fully saturated rings. The number of nitrogens with two attached hydrogens (primary N) is 1. The van der Waals surface area contributed by atoms with Gasteiger partial charge in [-0.3, -0.25) is 11.3 Å². The second-order valence-corrected chi connectivity index (χ2v) is 3.02. The van der Waals surface area contributed by atoms with Gasteiger partial charge < -0.3 is 0 Å². The van der Waals surface area contributed by atoms with Gasteiger partial charge in [-0.1, -0.05) is 27.2 Å². The Labute approximate surface area is 64.2 Å². The first-order valence-electron chi connectivity index (χ1n) is 4.20. The zero-order valence-electron chi connectivity index (χ0n) is 7.35. The van der Waals surface area contributed by atoms with Crippen LogP contribution in [0.1, 0.15) is 40.0 Å². The molecule has 62 valence electrons. The first-order valence-corrected chi connectivity index (χ1v) is 4.20. The molecule has 2 atom stereocenters. The summed E-state index contributed by atoms with van der Waals surface area (Å²) in [5.74, 6) is 6.13. The van der Waals surface area contributed by atoms with Gasteiger partial charge in [0.25, 0.3) is 0 Å². The second kappa shape index (κ2) is 5.69. The highest BCUT2D eigenvalue weighted by Crippen LogP contribution is 2.10. The lowest BCUT2D eigenvalue weighted by Crippen LogP contribution is -2.35. The van der Waals surface area contributed by atoms with Gasteiger partial charge in [0.05, 0.1) is 0 Å². The van der Waals surface area contributed by atoms with Gasteiger partial charge in [-0.25, -0.2) is 0 Å². The Balaban J connectivity index is 3.41. The van der Waals surface area contributed by atoms with E-state index in [1.807, 2.05) is 0 Å². The van der Waals surface area contributed by atoms with Gasteiger partial charge in [0.2, 0.25) is 0 Å². The van der Waals surface area contributed by atoms with E-state index in [2.05, 4.69) is 26.2 Å². The molecule has 0 radical (unpaired) electrons. The number of hydrogen-bond donors (Lipinski definition) is 2. The minimum atomic E-state index is 0.509. The van der Waals surface area contributed by atoms with Gasteiger partial charge in [-0.2, -0.15) is 0 Å². The number of rotatable bonds is 5. The van der Waals surface area contributed by atoms with Crippen LogP contribution < -0.4 is 11.3 Å². The van der Waals surface area contributed by atoms with Crippen molar-refractivity contribution in [3.8, 4) is 0 Å². The smallest absolute Gasteiger partial charge is 0.0210 e. The molecule has 0 aliphatic rings. The van der Waals surface area contributed by atoms with Crippen molar-refractivity contribution in [2.45, 2.75) is 46.1 Å². The minimum absolute atomic E-state index is 0.509. The maximum absolute atomic E-state index is 5.34. The van der Waals surface area contributed by atoms with Crippen molar-refractivity contribution >= 4 is 0 Å². The predicted molar refractivity (Wildman–Crippen MR) is 45.5 cm³/mol. The van der Waals surface area contributed by atoms with Crippen LogP contribution in [0.5, 0.6) is 0 Å². The summed E-state index contributed by atoms with van der Waals surface area (Å²) in [4.78, 5) is 0. The fourth-order valence-electron chi connectivity index (χ4n) is 1.00. The van der Waals surface area contributed by atoms with Crippen molar-refractivity contribution in [2.24, 2.45) is 11.8 Å². The van der Waals surface area contributed by atoms with E-state index in [9.17, 15) is 0 Å². The maximum Gasteiger partial charge on any atom is 0.0210 e. The van der Waals surface area contributed by atoms with E-state index in [0.717, 1.165) is 12.3 Å². The molecule has 0 aliphatic heterocycles. The van der Waals surface area contributed by atoms with Crippen LogP contribution >= 0.6 is 0 Å². The van der Waals surface area contributed by atoms with Crippen LogP contribution in [0.25, 0.3) is 0 Å². The number of hydrogen-bond acceptors (Lipinski definition) is 2. The molecule has 0 saturated heterocycles. The average Bonchev–Trinajstić information content (AvgIpc) is 1.99. The molecule has 3 N–H and O–H groups in total. The molecule has 0 aromatic carbocycles. The van der Waals surface area contributed by atoms with Crippen LogP contribution in [0.2, 0.25) is 0 Å². The molecule has 0 spiro atoms. The Morgan fingerprint density at radius 1 is 1.30 bits per heavy atom. The van der Waals surface area contributed by atoms with Crippen molar-refractivity contribution < 1.29 is 0 Å². The lowest BCUT2D eigenvalue weighted by molar-refractivity contribution is 0.390. The first kappa shape index (κ1) is 9.92. The summed E-state index contributed by atoms with van der Waals surface area (Å²) in [5.41, 5.74) is 2.82. The van der Waals surface area contributed by atoms with Crippen molar-refractivity contribution in [1.82, 2.24) is 5.43 Å². The van der Waals surface area contributed by atoms with Crippen molar-refractivity contribution in [2.75, 3.05) is 0 Å². The summed E-state index contributed by atoms with van der Waals surface area (Å²) >= 11 is 0. The molecule has 0 aliphatic carbocycles. The predicted octanol–water partition coefficient (Wildman–Crippen LogP) is 1.66. The molecule has 10 heavy (non-hydrogen) atoms. The molecule has 0 aromatic rings. The molecule has 2 nitrogen and oxygen atoms in total.